The number of ether oxygens (including phenoxy) is 3. The molecule has 0 unspecified atom stereocenters. The van der Waals surface area contributed by atoms with Gasteiger partial charge in [0.25, 0.3) is 5.91 Å². The zero-order valence-electron chi connectivity index (χ0n) is 19.5. The number of rotatable bonds is 9. The van der Waals surface area contributed by atoms with E-state index in [0.29, 0.717) is 41.7 Å². The lowest BCUT2D eigenvalue weighted by molar-refractivity contribution is -0.117. The Morgan fingerprint density at radius 2 is 1.82 bits per heavy atom. The molecule has 176 valence electrons. The van der Waals surface area contributed by atoms with Crippen molar-refractivity contribution in [3.63, 3.8) is 0 Å². The Morgan fingerprint density at radius 3 is 2.56 bits per heavy atom. The third-order valence-electron chi connectivity index (χ3n) is 5.83. The molecule has 4 rings (SSSR count). The van der Waals surface area contributed by atoms with Crippen LogP contribution in [0.15, 0.2) is 66.7 Å². The highest BCUT2D eigenvalue weighted by atomic mass is 16.5. The molecule has 0 bridgehead atoms. The molecule has 3 aromatic carbocycles. The minimum absolute atomic E-state index is 0.0775. The van der Waals surface area contributed by atoms with Gasteiger partial charge in [-0.05, 0) is 48.4 Å². The minimum atomic E-state index is -0.491. The Morgan fingerprint density at radius 1 is 1.00 bits per heavy atom. The van der Waals surface area contributed by atoms with E-state index < -0.39 is 6.04 Å². The van der Waals surface area contributed by atoms with Gasteiger partial charge in [-0.15, -0.1) is 0 Å². The smallest absolute Gasteiger partial charge is 0.255 e. The van der Waals surface area contributed by atoms with Crippen molar-refractivity contribution < 1.29 is 23.8 Å². The van der Waals surface area contributed by atoms with Crippen molar-refractivity contribution in [1.29, 1.82) is 0 Å². The molecule has 0 spiro atoms. The van der Waals surface area contributed by atoms with Gasteiger partial charge in [0.1, 0.15) is 5.75 Å². The van der Waals surface area contributed by atoms with Crippen molar-refractivity contribution in [3.05, 3.63) is 83.4 Å². The lowest BCUT2D eigenvalue weighted by atomic mass is 10.0. The maximum atomic E-state index is 13.3. The quantitative estimate of drug-likeness (QED) is 0.495. The van der Waals surface area contributed by atoms with Gasteiger partial charge in [0.05, 0.1) is 33.3 Å². The summed E-state index contributed by atoms with van der Waals surface area (Å²) in [6, 6.07) is 19.8. The second-order valence-electron chi connectivity index (χ2n) is 7.93. The summed E-state index contributed by atoms with van der Waals surface area (Å²) >= 11 is 0. The Kier molecular flexibility index (Phi) is 7.01. The number of hydrogen-bond donors (Lipinski definition) is 1. The van der Waals surface area contributed by atoms with Crippen molar-refractivity contribution >= 4 is 17.5 Å². The van der Waals surface area contributed by atoms with Crippen LogP contribution in [-0.2, 0) is 11.3 Å². The lowest BCUT2D eigenvalue weighted by Gasteiger charge is -2.28. The number of amides is 2. The van der Waals surface area contributed by atoms with E-state index in [2.05, 4.69) is 5.32 Å². The first-order valence-electron chi connectivity index (χ1n) is 11.2. The van der Waals surface area contributed by atoms with Crippen LogP contribution in [0.3, 0.4) is 0 Å². The highest BCUT2D eigenvalue weighted by molar-refractivity contribution is 5.99. The van der Waals surface area contributed by atoms with Crippen LogP contribution < -0.4 is 19.5 Å². The molecule has 1 atom stereocenters. The van der Waals surface area contributed by atoms with Gasteiger partial charge < -0.3 is 24.4 Å². The molecule has 2 amide bonds. The predicted octanol–water partition coefficient (Wildman–Crippen LogP) is 4.83. The van der Waals surface area contributed by atoms with Crippen LogP contribution in [0.2, 0.25) is 0 Å². The summed E-state index contributed by atoms with van der Waals surface area (Å²) < 4.78 is 16.4. The highest BCUT2D eigenvalue weighted by Crippen LogP contribution is 2.37. The Bertz CT molecular complexity index is 1190. The maximum Gasteiger partial charge on any atom is 0.255 e. The van der Waals surface area contributed by atoms with Gasteiger partial charge in [-0.2, -0.15) is 0 Å². The van der Waals surface area contributed by atoms with Crippen LogP contribution in [0.5, 0.6) is 17.2 Å². The van der Waals surface area contributed by atoms with Crippen molar-refractivity contribution in [1.82, 2.24) is 4.90 Å². The van der Waals surface area contributed by atoms with Crippen LogP contribution in [0.4, 0.5) is 5.69 Å². The van der Waals surface area contributed by atoms with Crippen LogP contribution in [-0.4, -0.2) is 37.5 Å². The van der Waals surface area contributed by atoms with Gasteiger partial charge in [0.2, 0.25) is 5.91 Å². The Hall–Kier alpha value is -4.00. The number of methoxy groups -OCH3 is 2. The number of nitrogens with zero attached hydrogens (tertiary/aromatic N) is 1. The summed E-state index contributed by atoms with van der Waals surface area (Å²) in [5.41, 5.74) is 3.04. The lowest BCUT2D eigenvalue weighted by Crippen LogP contribution is -2.32. The first kappa shape index (κ1) is 23.2. The zero-order valence-corrected chi connectivity index (χ0v) is 19.5. The molecule has 1 aliphatic rings. The van der Waals surface area contributed by atoms with E-state index in [4.69, 9.17) is 14.2 Å². The molecule has 7 nitrogen and oxygen atoms in total. The molecule has 7 heteroatoms. The molecule has 0 saturated carbocycles. The number of anilines is 1. The van der Waals surface area contributed by atoms with Gasteiger partial charge in [-0.1, -0.05) is 30.3 Å². The minimum Gasteiger partial charge on any atom is -0.497 e. The number of fused-ring (bicyclic) bond motifs is 1. The standard InChI is InChI=1S/C27H28N2O5/c1-4-34-24-13-12-18(14-25(24)33-3)23(29-17-19-8-5-6-11-22(19)27(29)31)16-26(30)28-20-9-7-10-21(15-20)32-2/h5-15,23H,4,16-17H2,1-3H3,(H,28,30)/t23-/m1/s1. The first-order valence-corrected chi connectivity index (χ1v) is 11.2. The summed E-state index contributed by atoms with van der Waals surface area (Å²) in [5.74, 6) is 1.51. The van der Waals surface area contributed by atoms with E-state index in [1.165, 1.54) is 0 Å². The van der Waals surface area contributed by atoms with Crippen molar-refractivity contribution in [2.24, 2.45) is 0 Å². The number of benzene rings is 3. The second kappa shape index (κ2) is 10.3. The first-order chi connectivity index (χ1) is 16.5. The fourth-order valence-electron chi connectivity index (χ4n) is 4.19. The maximum absolute atomic E-state index is 13.3. The fraction of sp³-hybridized carbons (Fsp3) is 0.259. The number of carbonyl (C=O) groups is 2. The van der Waals surface area contributed by atoms with Gasteiger partial charge in [-0.25, -0.2) is 0 Å². The van der Waals surface area contributed by atoms with Gasteiger partial charge in [0, 0.05) is 23.9 Å². The number of carbonyl (C=O) groups excluding carboxylic acids is 2. The average molecular weight is 461 g/mol. The molecule has 34 heavy (non-hydrogen) atoms. The van der Waals surface area contributed by atoms with Crippen LogP contribution in [0.1, 0.15) is 40.9 Å². The molecular weight excluding hydrogens is 432 g/mol. The van der Waals surface area contributed by atoms with Crippen molar-refractivity contribution in [2.75, 3.05) is 26.1 Å². The number of nitrogens with one attached hydrogen (secondary N) is 1. The summed E-state index contributed by atoms with van der Waals surface area (Å²) in [4.78, 5) is 28.1. The normalized spacial score (nSPS) is 13.3. The van der Waals surface area contributed by atoms with E-state index in [0.717, 1.165) is 11.1 Å². The highest BCUT2D eigenvalue weighted by Gasteiger charge is 2.35. The summed E-state index contributed by atoms with van der Waals surface area (Å²) in [5, 5.41) is 2.92. The summed E-state index contributed by atoms with van der Waals surface area (Å²) in [7, 11) is 3.15. The Balaban J connectivity index is 1.64. The number of hydrogen-bond acceptors (Lipinski definition) is 5. The fourth-order valence-corrected chi connectivity index (χ4v) is 4.19. The monoisotopic (exact) mass is 460 g/mol. The van der Waals surface area contributed by atoms with Gasteiger partial charge in [0.15, 0.2) is 11.5 Å². The molecular formula is C27H28N2O5. The molecule has 0 fully saturated rings. The van der Waals surface area contributed by atoms with Gasteiger partial charge in [-0.3, -0.25) is 9.59 Å². The van der Waals surface area contributed by atoms with E-state index >= 15 is 0 Å². The Labute approximate surface area is 199 Å². The summed E-state index contributed by atoms with van der Waals surface area (Å²) in [6.45, 7) is 2.84. The predicted molar refractivity (Wildman–Crippen MR) is 129 cm³/mol. The van der Waals surface area contributed by atoms with Crippen molar-refractivity contribution in [2.45, 2.75) is 25.9 Å². The van der Waals surface area contributed by atoms with E-state index in [1.807, 2.05) is 61.5 Å². The molecule has 0 radical (unpaired) electrons. The van der Waals surface area contributed by atoms with Crippen LogP contribution in [0.25, 0.3) is 0 Å². The molecule has 0 aliphatic carbocycles. The van der Waals surface area contributed by atoms with Gasteiger partial charge >= 0.3 is 0 Å². The molecule has 1 aliphatic heterocycles. The van der Waals surface area contributed by atoms with Crippen molar-refractivity contribution in [3.8, 4) is 17.2 Å². The third-order valence-corrected chi connectivity index (χ3v) is 5.83. The van der Waals surface area contributed by atoms with E-state index in [9.17, 15) is 9.59 Å². The molecule has 3 aromatic rings. The topological polar surface area (TPSA) is 77.1 Å². The third kappa shape index (κ3) is 4.83. The molecule has 0 aromatic heterocycles. The molecule has 1 N–H and O–H groups in total. The van der Waals surface area contributed by atoms with Crippen LogP contribution >= 0.6 is 0 Å². The molecule has 0 saturated heterocycles. The average Bonchev–Trinajstić information content (AvgIpc) is 3.19. The summed E-state index contributed by atoms with van der Waals surface area (Å²) in [6.07, 6.45) is 0.0775. The molecule has 1 heterocycles. The zero-order chi connectivity index (χ0) is 24.1. The van der Waals surface area contributed by atoms with E-state index in [1.54, 1.807) is 31.3 Å². The second-order valence-corrected chi connectivity index (χ2v) is 7.93. The van der Waals surface area contributed by atoms with Crippen LogP contribution in [0, 0.1) is 0 Å². The SMILES string of the molecule is CCOc1ccc([C@@H](CC(=O)Nc2cccc(OC)c2)N2Cc3ccccc3C2=O)cc1OC. The largest absolute Gasteiger partial charge is 0.497 e. The van der Waals surface area contributed by atoms with E-state index in [-0.39, 0.29) is 18.2 Å².